The molecule has 1 aromatic rings. The molecule has 3 aliphatic rings. The first kappa shape index (κ1) is 14.3. The van der Waals surface area contributed by atoms with Gasteiger partial charge in [-0.2, -0.15) is 0 Å². The highest BCUT2D eigenvalue weighted by molar-refractivity contribution is 6.35. The Morgan fingerprint density at radius 1 is 1.14 bits per heavy atom. The van der Waals surface area contributed by atoms with Gasteiger partial charge in [0.2, 0.25) is 0 Å². The van der Waals surface area contributed by atoms with E-state index >= 15 is 0 Å². The Morgan fingerprint density at radius 2 is 1.77 bits per heavy atom. The number of carbonyl (C=O) groups excluding carboxylic acids is 2. The van der Waals surface area contributed by atoms with Crippen LogP contribution < -0.4 is 5.32 Å². The molecule has 4 rings (SSSR count). The Kier molecular flexibility index (Phi) is 3.17. The SMILES string of the molecule is O=C1NC(C2CC2)(C2CC2)C(=O)N1Cc1ccc(Cl)cc1Cl. The van der Waals surface area contributed by atoms with E-state index in [1.807, 2.05) is 0 Å². The molecule has 0 unspecified atom stereocenters. The molecule has 1 aromatic carbocycles. The molecule has 1 heterocycles. The van der Waals surface area contributed by atoms with E-state index in [9.17, 15) is 9.59 Å². The highest BCUT2D eigenvalue weighted by Crippen LogP contribution is 2.54. The summed E-state index contributed by atoms with van der Waals surface area (Å²) < 4.78 is 0. The van der Waals surface area contributed by atoms with Crippen molar-refractivity contribution in [1.29, 1.82) is 0 Å². The van der Waals surface area contributed by atoms with E-state index < -0.39 is 5.54 Å². The standard InChI is InChI=1S/C16H16Cl2N2O2/c17-12-6-1-9(13(18)7-12)8-20-14(21)16(10-2-3-10,11-4-5-11)19-15(20)22/h1,6-7,10-11H,2-5,8H2,(H,19,22). The molecule has 0 spiro atoms. The highest BCUT2D eigenvalue weighted by Gasteiger charge is 2.65. The summed E-state index contributed by atoms with van der Waals surface area (Å²) in [4.78, 5) is 26.6. The molecule has 1 N–H and O–H groups in total. The summed E-state index contributed by atoms with van der Waals surface area (Å²) in [5, 5.41) is 4.02. The third kappa shape index (κ3) is 2.12. The summed E-state index contributed by atoms with van der Waals surface area (Å²) in [7, 11) is 0. The predicted molar refractivity (Wildman–Crippen MR) is 83.7 cm³/mol. The molecule has 0 radical (unpaired) electrons. The van der Waals surface area contributed by atoms with Crippen LogP contribution in [0.5, 0.6) is 0 Å². The summed E-state index contributed by atoms with van der Waals surface area (Å²) in [6.45, 7) is 0.196. The number of carbonyl (C=O) groups is 2. The smallest absolute Gasteiger partial charge is 0.323 e. The number of nitrogens with one attached hydrogen (secondary N) is 1. The lowest BCUT2D eigenvalue weighted by atomic mass is 9.87. The van der Waals surface area contributed by atoms with Gasteiger partial charge in [-0.3, -0.25) is 9.69 Å². The number of imide groups is 1. The van der Waals surface area contributed by atoms with Crippen molar-refractivity contribution in [3.05, 3.63) is 33.8 Å². The average molecular weight is 339 g/mol. The molecule has 0 aromatic heterocycles. The number of nitrogens with zero attached hydrogens (tertiary/aromatic N) is 1. The summed E-state index contributed by atoms with van der Waals surface area (Å²) in [5.41, 5.74) is 0.0904. The van der Waals surface area contributed by atoms with Crippen molar-refractivity contribution < 1.29 is 9.59 Å². The van der Waals surface area contributed by atoms with E-state index in [2.05, 4.69) is 5.32 Å². The lowest BCUT2D eigenvalue weighted by Crippen LogP contribution is -2.51. The maximum absolute atomic E-state index is 13.0. The number of amides is 3. The summed E-state index contributed by atoms with van der Waals surface area (Å²) >= 11 is 12.1. The van der Waals surface area contributed by atoms with Crippen LogP contribution >= 0.6 is 23.2 Å². The molecule has 3 fully saturated rings. The van der Waals surface area contributed by atoms with Gasteiger partial charge >= 0.3 is 6.03 Å². The van der Waals surface area contributed by atoms with Crippen LogP contribution in [0.25, 0.3) is 0 Å². The largest absolute Gasteiger partial charge is 0.325 e. The Hall–Kier alpha value is -1.26. The second-order valence-electron chi connectivity index (χ2n) is 6.47. The highest BCUT2D eigenvalue weighted by atomic mass is 35.5. The molecule has 22 heavy (non-hydrogen) atoms. The van der Waals surface area contributed by atoms with Gasteiger partial charge in [-0.15, -0.1) is 0 Å². The minimum atomic E-state index is -0.643. The van der Waals surface area contributed by atoms with Crippen molar-refractivity contribution in [3.8, 4) is 0 Å². The fraction of sp³-hybridized carbons (Fsp3) is 0.500. The summed E-state index contributed by atoms with van der Waals surface area (Å²) in [6, 6.07) is 4.82. The van der Waals surface area contributed by atoms with Gasteiger partial charge in [0, 0.05) is 10.0 Å². The molecule has 0 atom stereocenters. The Morgan fingerprint density at radius 3 is 2.32 bits per heavy atom. The molecular weight excluding hydrogens is 323 g/mol. The monoisotopic (exact) mass is 338 g/mol. The number of halogens is 2. The average Bonchev–Trinajstić information content (AvgIpc) is 3.36. The Labute approximate surface area is 138 Å². The fourth-order valence-corrected chi connectivity index (χ4v) is 4.01. The molecule has 0 bridgehead atoms. The zero-order chi connectivity index (χ0) is 15.5. The third-order valence-corrected chi connectivity index (χ3v) is 5.53. The van der Waals surface area contributed by atoms with Gasteiger partial charge in [-0.25, -0.2) is 4.79 Å². The van der Waals surface area contributed by atoms with E-state index in [-0.39, 0.29) is 18.5 Å². The first-order valence-electron chi connectivity index (χ1n) is 7.60. The van der Waals surface area contributed by atoms with Gasteiger partial charge in [0.25, 0.3) is 5.91 Å². The first-order chi connectivity index (χ1) is 10.5. The van der Waals surface area contributed by atoms with Crippen molar-refractivity contribution in [1.82, 2.24) is 10.2 Å². The van der Waals surface area contributed by atoms with Gasteiger partial charge in [-0.1, -0.05) is 29.3 Å². The topological polar surface area (TPSA) is 49.4 Å². The van der Waals surface area contributed by atoms with Crippen molar-refractivity contribution in [2.45, 2.75) is 37.8 Å². The normalized spacial score (nSPS) is 23.8. The fourth-order valence-electron chi connectivity index (χ4n) is 3.54. The van der Waals surface area contributed by atoms with Gasteiger partial charge in [-0.05, 0) is 55.2 Å². The zero-order valence-corrected chi connectivity index (χ0v) is 13.5. The van der Waals surface area contributed by atoms with E-state index in [1.165, 1.54) is 4.90 Å². The number of rotatable bonds is 4. The van der Waals surface area contributed by atoms with Crippen LogP contribution in [-0.4, -0.2) is 22.4 Å². The maximum Gasteiger partial charge on any atom is 0.325 e. The molecule has 1 aliphatic heterocycles. The summed E-state index contributed by atoms with van der Waals surface area (Å²) in [6.07, 6.45) is 4.10. The number of urea groups is 1. The van der Waals surface area contributed by atoms with Crippen molar-refractivity contribution >= 4 is 35.1 Å². The minimum absolute atomic E-state index is 0.0754. The third-order valence-electron chi connectivity index (χ3n) is 4.94. The zero-order valence-electron chi connectivity index (χ0n) is 11.9. The van der Waals surface area contributed by atoms with Crippen LogP contribution in [0, 0.1) is 11.8 Å². The van der Waals surface area contributed by atoms with Crippen molar-refractivity contribution in [2.24, 2.45) is 11.8 Å². The van der Waals surface area contributed by atoms with Crippen LogP contribution in [0.4, 0.5) is 4.79 Å². The second kappa shape index (κ2) is 4.87. The maximum atomic E-state index is 13.0. The van der Waals surface area contributed by atoms with E-state index in [4.69, 9.17) is 23.2 Å². The number of benzene rings is 1. The van der Waals surface area contributed by atoms with Gasteiger partial charge in [0.1, 0.15) is 5.54 Å². The van der Waals surface area contributed by atoms with Crippen molar-refractivity contribution in [2.75, 3.05) is 0 Å². The second-order valence-corrected chi connectivity index (χ2v) is 7.32. The molecule has 2 saturated carbocycles. The van der Waals surface area contributed by atoms with Gasteiger partial charge in [0.15, 0.2) is 0 Å². The molecular formula is C16H16Cl2N2O2. The van der Waals surface area contributed by atoms with Crippen LogP contribution in [0.2, 0.25) is 10.0 Å². The molecule has 6 heteroatoms. The van der Waals surface area contributed by atoms with Crippen molar-refractivity contribution in [3.63, 3.8) is 0 Å². The molecule has 2 aliphatic carbocycles. The quantitative estimate of drug-likeness (QED) is 0.852. The lowest BCUT2D eigenvalue weighted by molar-refractivity contribution is -0.133. The molecule has 1 saturated heterocycles. The Balaban J connectivity index is 1.62. The predicted octanol–water partition coefficient (Wildman–Crippen LogP) is 3.60. The molecule has 3 amide bonds. The van der Waals surface area contributed by atoms with Gasteiger partial charge < -0.3 is 5.32 Å². The van der Waals surface area contributed by atoms with E-state index in [1.54, 1.807) is 18.2 Å². The van der Waals surface area contributed by atoms with Crippen LogP contribution in [0.15, 0.2) is 18.2 Å². The molecule has 4 nitrogen and oxygen atoms in total. The number of hydrogen-bond acceptors (Lipinski definition) is 2. The first-order valence-corrected chi connectivity index (χ1v) is 8.36. The van der Waals surface area contributed by atoms with Crippen LogP contribution in [0.3, 0.4) is 0 Å². The summed E-state index contributed by atoms with van der Waals surface area (Å²) in [5.74, 6) is 0.540. The van der Waals surface area contributed by atoms with E-state index in [0.29, 0.717) is 21.9 Å². The molecule has 116 valence electrons. The van der Waals surface area contributed by atoms with Crippen LogP contribution in [-0.2, 0) is 11.3 Å². The number of hydrogen-bond donors (Lipinski definition) is 1. The van der Waals surface area contributed by atoms with Crippen LogP contribution in [0.1, 0.15) is 31.2 Å². The lowest BCUT2D eigenvalue weighted by Gasteiger charge is -2.26. The van der Waals surface area contributed by atoms with E-state index in [0.717, 1.165) is 31.2 Å². The van der Waals surface area contributed by atoms with Gasteiger partial charge in [0.05, 0.1) is 6.54 Å². The minimum Gasteiger partial charge on any atom is -0.323 e. The Bertz CT molecular complexity index is 656.